The van der Waals surface area contributed by atoms with Crippen LogP contribution in [0.3, 0.4) is 0 Å². The van der Waals surface area contributed by atoms with Crippen molar-refractivity contribution in [2.24, 2.45) is 5.92 Å². The van der Waals surface area contributed by atoms with Gasteiger partial charge in [0.2, 0.25) is 0 Å². The van der Waals surface area contributed by atoms with E-state index in [9.17, 15) is 9.59 Å². The Bertz CT molecular complexity index is 473. The van der Waals surface area contributed by atoms with Gasteiger partial charge in [-0.2, -0.15) is 0 Å². The summed E-state index contributed by atoms with van der Waals surface area (Å²) in [5.74, 6) is -1.60. The number of hydrogen-bond donors (Lipinski definition) is 2. The van der Waals surface area contributed by atoms with E-state index in [1.165, 1.54) is 25.0 Å². The molecule has 1 aliphatic carbocycles. The third-order valence-electron chi connectivity index (χ3n) is 3.57. The van der Waals surface area contributed by atoms with Crippen molar-refractivity contribution in [2.45, 2.75) is 32.1 Å². The zero-order valence-corrected chi connectivity index (χ0v) is 10.1. The topological polar surface area (TPSA) is 74.6 Å². The molecule has 0 saturated heterocycles. The van der Waals surface area contributed by atoms with E-state index < -0.39 is 11.9 Å². The average Bonchev–Trinajstić information content (AvgIpc) is 2.81. The number of benzene rings is 1. The normalized spacial score (nSPS) is 15.8. The van der Waals surface area contributed by atoms with E-state index in [0.717, 1.165) is 24.8 Å². The van der Waals surface area contributed by atoms with E-state index in [1.807, 2.05) is 0 Å². The van der Waals surface area contributed by atoms with Crippen LogP contribution in [0.1, 0.15) is 52.0 Å². The van der Waals surface area contributed by atoms with Gasteiger partial charge in [0.1, 0.15) is 0 Å². The molecule has 0 bridgehead atoms. The van der Waals surface area contributed by atoms with Gasteiger partial charge in [-0.05, 0) is 30.0 Å². The highest BCUT2D eigenvalue weighted by Crippen LogP contribution is 2.29. The summed E-state index contributed by atoms with van der Waals surface area (Å²) in [4.78, 5) is 22.0. The first-order valence-corrected chi connectivity index (χ1v) is 6.17. The lowest BCUT2D eigenvalue weighted by molar-refractivity contribution is 0.0695. The molecule has 0 amide bonds. The Morgan fingerprint density at radius 1 is 1.11 bits per heavy atom. The summed E-state index contributed by atoms with van der Waals surface area (Å²) in [5.41, 5.74) is 0.906. The minimum atomic E-state index is -1.09. The highest BCUT2D eigenvalue weighted by molar-refractivity contribution is 5.94. The van der Waals surface area contributed by atoms with Crippen LogP contribution in [0.4, 0.5) is 0 Å². The third kappa shape index (κ3) is 2.70. The second-order valence-electron chi connectivity index (χ2n) is 4.84. The molecule has 0 heterocycles. The maximum atomic E-state index is 11.2. The predicted molar refractivity (Wildman–Crippen MR) is 66.0 cm³/mol. The zero-order chi connectivity index (χ0) is 13.1. The number of rotatable bonds is 4. The van der Waals surface area contributed by atoms with E-state index in [-0.39, 0.29) is 11.1 Å². The van der Waals surface area contributed by atoms with Crippen molar-refractivity contribution < 1.29 is 19.8 Å². The molecule has 0 atom stereocenters. The van der Waals surface area contributed by atoms with E-state index in [1.54, 1.807) is 6.07 Å². The summed E-state index contributed by atoms with van der Waals surface area (Å²) in [6, 6.07) is 4.39. The molecule has 2 N–H and O–H groups in total. The molecule has 1 aromatic carbocycles. The molecule has 18 heavy (non-hydrogen) atoms. The van der Waals surface area contributed by atoms with Crippen LogP contribution < -0.4 is 0 Å². The first-order chi connectivity index (χ1) is 8.58. The predicted octanol–water partition coefficient (Wildman–Crippen LogP) is 2.82. The molecular formula is C14H16O4. The summed E-state index contributed by atoms with van der Waals surface area (Å²) in [7, 11) is 0. The maximum Gasteiger partial charge on any atom is 0.335 e. The van der Waals surface area contributed by atoms with Crippen molar-refractivity contribution in [3.8, 4) is 0 Å². The van der Waals surface area contributed by atoms with Gasteiger partial charge in [-0.3, -0.25) is 0 Å². The Balaban J connectivity index is 2.28. The number of carboxylic acid groups (broad SMARTS) is 2. The Labute approximate surface area is 105 Å². The highest BCUT2D eigenvalue weighted by atomic mass is 16.4. The van der Waals surface area contributed by atoms with Crippen LogP contribution in [0.5, 0.6) is 0 Å². The van der Waals surface area contributed by atoms with Gasteiger partial charge in [-0.15, -0.1) is 0 Å². The van der Waals surface area contributed by atoms with Gasteiger partial charge < -0.3 is 10.2 Å². The molecule has 0 aromatic heterocycles. The Morgan fingerprint density at radius 2 is 1.78 bits per heavy atom. The van der Waals surface area contributed by atoms with Crippen molar-refractivity contribution in [3.05, 3.63) is 34.9 Å². The van der Waals surface area contributed by atoms with Crippen LogP contribution in [0, 0.1) is 5.92 Å². The maximum absolute atomic E-state index is 11.2. The van der Waals surface area contributed by atoms with Crippen LogP contribution in [0.15, 0.2) is 18.2 Å². The summed E-state index contributed by atoms with van der Waals surface area (Å²) in [6.45, 7) is 0. The zero-order valence-electron chi connectivity index (χ0n) is 10.1. The highest BCUT2D eigenvalue weighted by Gasteiger charge is 2.20. The fourth-order valence-electron chi connectivity index (χ4n) is 2.61. The first kappa shape index (κ1) is 12.6. The number of carbonyl (C=O) groups is 2. The molecule has 2 rings (SSSR count). The molecule has 0 unspecified atom stereocenters. The molecule has 1 aliphatic rings. The largest absolute Gasteiger partial charge is 0.478 e. The second-order valence-corrected chi connectivity index (χ2v) is 4.84. The number of aromatic carboxylic acids is 2. The third-order valence-corrected chi connectivity index (χ3v) is 3.57. The molecule has 1 aromatic rings. The number of hydrogen-bond acceptors (Lipinski definition) is 2. The van der Waals surface area contributed by atoms with Crippen molar-refractivity contribution in [1.29, 1.82) is 0 Å². The minimum absolute atomic E-state index is 0.0302. The molecular weight excluding hydrogens is 232 g/mol. The van der Waals surface area contributed by atoms with E-state index in [2.05, 4.69) is 0 Å². The van der Waals surface area contributed by atoms with E-state index >= 15 is 0 Å². The molecule has 1 saturated carbocycles. The van der Waals surface area contributed by atoms with Crippen molar-refractivity contribution in [3.63, 3.8) is 0 Å². The average molecular weight is 248 g/mol. The van der Waals surface area contributed by atoms with Crippen LogP contribution >= 0.6 is 0 Å². The van der Waals surface area contributed by atoms with Gasteiger partial charge in [0.05, 0.1) is 11.1 Å². The molecule has 4 heteroatoms. The quantitative estimate of drug-likeness (QED) is 0.859. The molecule has 4 nitrogen and oxygen atoms in total. The summed E-state index contributed by atoms with van der Waals surface area (Å²) >= 11 is 0. The lowest BCUT2D eigenvalue weighted by atomic mass is 9.93. The SMILES string of the molecule is O=C(O)c1ccc(CC2CCCC2)c(C(=O)O)c1. The van der Waals surface area contributed by atoms with Crippen LogP contribution in [0.25, 0.3) is 0 Å². The van der Waals surface area contributed by atoms with E-state index in [4.69, 9.17) is 10.2 Å². The molecule has 0 aliphatic heterocycles. The van der Waals surface area contributed by atoms with Crippen LogP contribution in [0.2, 0.25) is 0 Å². The standard InChI is InChI=1S/C14H16O4/c15-13(16)11-6-5-10(12(8-11)14(17)18)7-9-3-1-2-4-9/h5-6,8-9H,1-4,7H2,(H,15,16)(H,17,18). The molecule has 1 fully saturated rings. The summed E-state index contributed by atoms with van der Waals surface area (Å²) in [5, 5.41) is 18.0. The second kappa shape index (κ2) is 5.21. The fraction of sp³-hybridized carbons (Fsp3) is 0.429. The summed E-state index contributed by atoms with van der Waals surface area (Å²) < 4.78 is 0. The lowest BCUT2D eigenvalue weighted by Gasteiger charge is -2.12. The molecule has 96 valence electrons. The van der Waals surface area contributed by atoms with Crippen LogP contribution in [-0.4, -0.2) is 22.2 Å². The van der Waals surface area contributed by atoms with Gasteiger partial charge in [-0.25, -0.2) is 9.59 Å². The van der Waals surface area contributed by atoms with Gasteiger partial charge >= 0.3 is 11.9 Å². The van der Waals surface area contributed by atoms with Crippen molar-refractivity contribution in [2.75, 3.05) is 0 Å². The summed E-state index contributed by atoms with van der Waals surface area (Å²) in [6.07, 6.45) is 5.43. The van der Waals surface area contributed by atoms with Crippen molar-refractivity contribution >= 4 is 11.9 Å². The van der Waals surface area contributed by atoms with Gasteiger partial charge in [0.15, 0.2) is 0 Å². The Morgan fingerprint density at radius 3 is 2.33 bits per heavy atom. The van der Waals surface area contributed by atoms with Crippen molar-refractivity contribution in [1.82, 2.24) is 0 Å². The minimum Gasteiger partial charge on any atom is -0.478 e. The monoisotopic (exact) mass is 248 g/mol. The molecule has 0 radical (unpaired) electrons. The van der Waals surface area contributed by atoms with Gasteiger partial charge in [0, 0.05) is 0 Å². The lowest BCUT2D eigenvalue weighted by Crippen LogP contribution is -2.09. The van der Waals surface area contributed by atoms with Crippen LogP contribution in [-0.2, 0) is 6.42 Å². The van der Waals surface area contributed by atoms with Gasteiger partial charge in [-0.1, -0.05) is 31.7 Å². The van der Waals surface area contributed by atoms with Gasteiger partial charge in [0.25, 0.3) is 0 Å². The first-order valence-electron chi connectivity index (χ1n) is 6.17. The number of carboxylic acids is 2. The smallest absolute Gasteiger partial charge is 0.335 e. The fourth-order valence-corrected chi connectivity index (χ4v) is 2.61. The van der Waals surface area contributed by atoms with E-state index in [0.29, 0.717) is 5.92 Å². The Kier molecular flexibility index (Phi) is 3.65. The molecule has 0 spiro atoms. The Hall–Kier alpha value is -1.84.